The standard InChI is InChI=1S/C24H31N3O2S/c1-16-12-20(18(3)27(16)17(2)15-29-4)22(28)14-26-11-7-8-19(13-26)24-25-21-9-5-6-10-23(21)30-24/h5-6,9-10,12,17,19H,7-8,11,13-15H2,1-4H3/t17-,19+/m1/s1. The van der Waals surface area contributed by atoms with Crippen LogP contribution in [0.15, 0.2) is 30.3 Å². The Bertz CT molecular complexity index is 1010. The van der Waals surface area contributed by atoms with Gasteiger partial charge in [0.1, 0.15) is 0 Å². The molecule has 4 rings (SSSR count). The fraction of sp³-hybridized carbons (Fsp3) is 0.500. The first-order valence-electron chi connectivity index (χ1n) is 10.8. The highest BCUT2D eigenvalue weighted by Gasteiger charge is 2.27. The van der Waals surface area contributed by atoms with Gasteiger partial charge in [-0.2, -0.15) is 0 Å². The number of hydrogen-bond donors (Lipinski definition) is 0. The Balaban J connectivity index is 1.46. The number of hydrogen-bond acceptors (Lipinski definition) is 5. The van der Waals surface area contributed by atoms with Gasteiger partial charge in [-0.15, -0.1) is 11.3 Å². The number of methoxy groups -OCH3 is 1. The minimum absolute atomic E-state index is 0.212. The van der Waals surface area contributed by atoms with Crippen LogP contribution in [0.2, 0.25) is 0 Å². The van der Waals surface area contributed by atoms with Gasteiger partial charge < -0.3 is 9.30 Å². The van der Waals surface area contributed by atoms with Crippen LogP contribution in [0.3, 0.4) is 0 Å². The smallest absolute Gasteiger partial charge is 0.178 e. The molecular formula is C24H31N3O2S. The van der Waals surface area contributed by atoms with Gasteiger partial charge in [-0.05, 0) is 58.4 Å². The average Bonchev–Trinajstić information content (AvgIpc) is 3.29. The second-order valence-electron chi connectivity index (χ2n) is 8.48. The maximum absolute atomic E-state index is 13.2. The van der Waals surface area contributed by atoms with Gasteiger partial charge in [-0.3, -0.25) is 9.69 Å². The van der Waals surface area contributed by atoms with Crippen molar-refractivity contribution in [2.75, 3.05) is 33.4 Å². The van der Waals surface area contributed by atoms with Crippen molar-refractivity contribution in [2.24, 2.45) is 0 Å². The molecule has 6 heteroatoms. The van der Waals surface area contributed by atoms with Crippen molar-refractivity contribution < 1.29 is 9.53 Å². The summed E-state index contributed by atoms with van der Waals surface area (Å²) >= 11 is 1.80. The van der Waals surface area contributed by atoms with Crippen molar-refractivity contribution in [2.45, 2.75) is 45.6 Å². The van der Waals surface area contributed by atoms with Gasteiger partial charge in [0.2, 0.25) is 0 Å². The van der Waals surface area contributed by atoms with Crippen molar-refractivity contribution in [1.29, 1.82) is 0 Å². The van der Waals surface area contributed by atoms with Crippen LogP contribution in [0.4, 0.5) is 0 Å². The van der Waals surface area contributed by atoms with Gasteiger partial charge >= 0.3 is 0 Å². The van der Waals surface area contributed by atoms with E-state index in [2.05, 4.69) is 41.5 Å². The van der Waals surface area contributed by atoms with E-state index in [1.54, 1.807) is 18.4 Å². The van der Waals surface area contributed by atoms with Gasteiger partial charge in [0.05, 0.1) is 34.4 Å². The molecule has 5 nitrogen and oxygen atoms in total. The third kappa shape index (κ3) is 4.22. The van der Waals surface area contributed by atoms with Crippen molar-refractivity contribution in [3.05, 3.63) is 52.3 Å². The molecule has 160 valence electrons. The summed E-state index contributed by atoms with van der Waals surface area (Å²) in [5.41, 5.74) is 4.09. The molecule has 1 fully saturated rings. The van der Waals surface area contributed by atoms with Crippen LogP contribution in [0, 0.1) is 13.8 Å². The second-order valence-corrected chi connectivity index (χ2v) is 9.54. The Hall–Kier alpha value is -2.02. The zero-order valence-corrected chi connectivity index (χ0v) is 19.2. The molecule has 1 aromatic carbocycles. The molecule has 1 aliphatic rings. The molecule has 3 heterocycles. The fourth-order valence-corrected chi connectivity index (χ4v) is 5.90. The summed E-state index contributed by atoms with van der Waals surface area (Å²) in [6.45, 7) is 9.25. The van der Waals surface area contributed by atoms with Crippen LogP contribution in [0.5, 0.6) is 0 Å². The second kappa shape index (κ2) is 9.00. The number of ether oxygens (including phenoxy) is 1. The molecule has 0 saturated carbocycles. The zero-order chi connectivity index (χ0) is 21.3. The third-order valence-corrected chi connectivity index (χ3v) is 7.36. The van der Waals surface area contributed by atoms with Crippen molar-refractivity contribution in [3.8, 4) is 0 Å². The topological polar surface area (TPSA) is 47.4 Å². The van der Waals surface area contributed by atoms with E-state index in [0.717, 1.165) is 48.4 Å². The molecule has 0 N–H and O–H groups in total. The number of rotatable bonds is 7. The van der Waals surface area contributed by atoms with Crippen LogP contribution in [-0.2, 0) is 4.74 Å². The average molecular weight is 426 g/mol. The Morgan fingerprint density at radius 2 is 2.13 bits per heavy atom. The number of fused-ring (bicyclic) bond motifs is 1. The van der Waals surface area contributed by atoms with E-state index in [-0.39, 0.29) is 11.8 Å². The minimum atomic E-state index is 0.212. The summed E-state index contributed by atoms with van der Waals surface area (Å²) in [6.07, 6.45) is 2.26. The lowest BCUT2D eigenvalue weighted by molar-refractivity contribution is 0.0905. The lowest BCUT2D eigenvalue weighted by atomic mass is 9.98. The summed E-state index contributed by atoms with van der Waals surface area (Å²) in [6, 6.07) is 10.6. The monoisotopic (exact) mass is 425 g/mol. The van der Waals surface area contributed by atoms with E-state index in [0.29, 0.717) is 19.1 Å². The van der Waals surface area contributed by atoms with Crippen LogP contribution in [-0.4, -0.2) is 53.6 Å². The Labute approximate surface area is 182 Å². The van der Waals surface area contributed by atoms with E-state index < -0.39 is 0 Å². The van der Waals surface area contributed by atoms with E-state index in [1.807, 2.05) is 19.1 Å². The van der Waals surface area contributed by atoms with Gasteiger partial charge in [0.15, 0.2) is 5.78 Å². The SMILES string of the molecule is COC[C@@H](C)n1c(C)cc(C(=O)CN2CCC[C@H](c3nc4ccccc4s3)C2)c1C. The predicted molar refractivity (Wildman–Crippen MR) is 123 cm³/mol. The normalized spacial score (nSPS) is 18.7. The van der Waals surface area contributed by atoms with Gasteiger partial charge in [0, 0.05) is 36.5 Å². The first-order valence-corrected chi connectivity index (χ1v) is 11.6. The largest absolute Gasteiger partial charge is 0.383 e. The molecule has 30 heavy (non-hydrogen) atoms. The summed E-state index contributed by atoms with van der Waals surface area (Å²) in [7, 11) is 1.72. The quantitative estimate of drug-likeness (QED) is 0.501. The van der Waals surface area contributed by atoms with E-state index >= 15 is 0 Å². The molecule has 0 aliphatic carbocycles. The number of aryl methyl sites for hydroxylation is 1. The van der Waals surface area contributed by atoms with Crippen molar-refractivity contribution in [3.63, 3.8) is 0 Å². The van der Waals surface area contributed by atoms with Crippen molar-refractivity contribution in [1.82, 2.24) is 14.5 Å². The molecule has 2 atom stereocenters. The highest BCUT2D eigenvalue weighted by atomic mass is 32.1. The van der Waals surface area contributed by atoms with Crippen LogP contribution in [0.1, 0.15) is 58.5 Å². The number of carbonyl (C=O) groups is 1. The Morgan fingerprint density at radius 1 is 1.33 bits per heavy atom. The van der Waals surface area contributed by atoms with Gasteiger partial charge in [-0.25, -0.2) is 4.98 Å². The number of ketones is 1. The number of thiazole rings is 1. The van der Waals surface area contributed by atoms with Gasteiger partial charge in [-0.1, -0.05) is 12.1 Å². The Kier molecular flexibility index (Phi) is 6.37. The highest BCUT2D eigenvalue weighted by Crippen LogP contribution is 2.33. The number of para-hydroxylation sites is 1. The predicted octanol–water partition coefficient (Wildman–Crippen LogP) is 4.98. The van der Waals surface area contributed by atoms with Crippen LogP contribution in [0.25, 0.3) is 10.2 Å². The van der Waals surface area contributed by atoms with Crippen LogP contribution < -0.4 is 0 Å². The molecule has 0 amide bonds. The first kappa shape index (κ1) is 21.2. The minimum Gasteiger partial charge on any atom is -0.383 e. The number of benzene rings is 1. The third-order valence-electron chi connectivity index (χ3n) is 6.17. The number of likely N-dealkylation sites (tertiary alicyclic amines) is 1. The molecule has 0 spiro atoms. The number of nitrogens with zero attached hydrogens (tertiary/aromatic N) is 3. The number of carbonyl (C=O) groups excluding carboxylic acids is 1. The fourth-order valence-electron chi connectivity index (χ4n) is 4.81. The summed E-state index contributed by atoms with van der Waals surface area (Å²) in [4.78, 5) is 20.3. The van der Waals surface area contributed by atoms with E-state index in [9.17, 15) is 4.79 Å². The number of Topliss-reactive ketones (excluding diaryl/α,β-unsaturated/α-hetero) is 1. The van der Waals surface area contributed by atoms with E-state index in [1.165, 1.54) is 9.71 Å². The molecular weight excluding hydrogens is 394 g/mol. The maximum Gasteiger partial charge on any atom is 0.178 e. The first-order chi connectivity index (χ1) is 14.5. The summed E-state index contributed by atoms with van der Waals surface area (Å²) < 4.78 is 8.78. The van der Waals surface area contributed by atoms with Crippen molar-refractivity contribution >= 4 is 27.3 Å². The number of aromatic nitrogens is 2. The van der Waals surface area contributed by atoms with E-state index in [4.69, 9.17) is 9.72 Å². The summed E-state index contributed by atoms with van der Waals surface area (Å²) in [5, 5.41) is 1.21. The lowest BCUT2D eigenvalue weighted by Crippen LogP contribution is -2.38. The Morgan fingerprint density at radius 3 is 2.90 bits per heavy atom. The zero-order valence-electron chi connectivity index (χ0n) is 18.4. The molecule has 1 saturated heterocycles. The van der Waals surface area contributed by atoms with Gasteiger partial charge in [0.25, 0.3) is 0 Å². The highest BCUT2D eigenvalue weighted by molar-refractivity contribution is 7.18. The van der Waals surface area contributed by atoms with Crippen LogP contribution >= 0.6 is 11.3 Å². The number of piperidine rings is 1. The molecule has 3 aromatic rings. The summed E-state index contributed by atoms with van der Waals surface area (Å²) in [5.74, 6) is 0.627. The molecule has 1 aliphatic heterocycles. The molecule has 2 aromatic heterocycles. The maximum atomic E-state index is 13.2. The molecule has 0 bridgehead atoms. The molecule has 0 radical (unpaired) electrons. The lowest BCUT2D eigenvalue weighted by Gasteiger charge is -2.31. The molecule has 0 unspecified atom stereocenters.